The summed E-state index contributed by atoms with van der Waals surface area (Å²) in [5.41, 5.74) is 0. The number of ether oxygens (including phenoxy) is 2. The number of carbonyl (C=O) groups is 1. The molecule has 66 heavy (non-hydrogen) atoms. The minimum atomic E-state index is -1.58. The van der Waals surface area contributed by atoms with Gasteiger partial charge in [0.05, 0.1) is 25.4 Å². The van der Waals surface area contributed by atoms with E-state index >= 15 is 0 Å². The van der Waals surface area contributed by atoms with Gasteiger partial charge >= 0.3 is 0 Å². The third kappa shape index (κ3) is 36.2. The van der Waals surface area contributed by atoms with E-state index in [4.69, 9.17) is 9.47 Å². The molecule has 0 saturated carbocycles. The molecule has 0 aromatic heterocycles. The first-order valence-corrected chi connectivity index (χ1v) is 27.9. The summed E-state index contributed by atoms with van der Waals surface area (Å²) in [7, 11) is 0. The number of aliphatic hydroxyl groups is 5. The van der Waals surface area contributed by atoms with E-state index in [2.05, 4.69) is 55.6 Å². The second-order valence-electron chi connectivity index (χ2n) is 19.4. The van der Waals surface area contributed by atoms with Crippen LogP contribution in [0, 0.1) is 0 Å². The Labute approximate surface area is 405 Å². The summed E-state index contributed by atoms with van der Waals surface area (Å²) in [4.78, 5) is 13.0. The number of aliphatic hydroxyl groups excluding tert-OH is 5. The second-order valence-corrected chi connectivity index (χ2v) is 19.4. The first kappa shape index (κ1) is 62.2. The minimum absolute atomic E-state index is 0.193. The Morgan fingerprint density at radius 1 is 0.500 bits per heavy atom. The average Bonchev–Trinajstić information content (AvgIpc) is 3.32. The van der Waals surface area contributed by atoms with Crippen LogP contribution in [-0.2, 0) is 14.3 Å². The van der Waals surface area contributed by atoms with Gasteiger partial charge in [-0.1, -0.05) is 223 Å². The molecule has 1 saturated heterocycles. The Kier molecular flexibility index (Phi) is 44.1. The van der Waals surface area contributed by atoms with Crippen LogP contribution >= 0.6 is 0 Å². The first-order valence-electron chi connectivity index (χ1n) is 27.9. The van der Waals surface area contributed by atoms with E-state index < -0.39 is 49.5 Å². The number of rotatable bonds is 47. The fourth-order valence-electron chi connectivity index (χ4n) is 8.65. The molecule has 0 aliphatic carbocycles. The SMILES string of the molecule is CCCCCCCCCCC/C=C/CC/C=C/CC/C=C/C(O)C(COC1OC(CO)C(O)C(O)C1O)NC(=O)CCCCCCCCCC/C=C\CCCCCCCCCCCCCC. The lowest BCUT2D eigenvalue weighted by Crippen LogP contribution is -2.60. The van der Waals surface area contributed by atoms with Crippen molar-refractivity contribution in [1.82, 2.24) is 5.32 Å². The molecular weight excluding hydrogens is 827 g/mol. The predicted molar refractivity (Wildman–Crippen MR) is 276 cm³/mol. The van der Waals surface area contributed by atoms with Gasteiger partial charge in [0.25, 0.3) is 0 Å². The number of unbranched alkanes of at least 4 members (excludes halogenated alkanes) is 31. The summed E-state index contributed by atoms with van der Waals surface area (Å²) < 4.78 is 11.2. The normalized spacial score (nSPS) is 20.1. The molecule has 386 valence electrons. The number of carbonyl (C=O) groups excluding carboxylic acids is 1. The van der Waals surface area contributed by atoms with Crippen molar-refractivity contribution in [3.63, 3.8) is 0 Å². The molecule has 1 amide bonds. The highest BCUT2D eigenvalue weighted by Gasteiger charge is 2.44. The van der Waals surface area contributed by atoms with Crippen LogP contribution in [-0.4, -0.2) is 87.5 Å². The lowest BCUT2D eigenvalue weighted by atomic mass is 9.99. The Balaban J connectivity index is 2.28. The molecule has 0 aromatic rings. The van der Waals surface area contributed by atoms with E-state index in [0.717, 1.165) is 44.9 Å². The van der Waals surface area contributed by atoms with Crippen molar-refractivity contribution in [3.05, 3.63) is 48.6 Å². The second kappa shape index (κ2) is 46.9. The van der Waals surface area contributed by atoms with Gasteiger partial charge in [-0.2, -0.15) is 0 Å². The van der Waals surface area contributed by atoms with Crippen molar-refractivity contribution in [3.8, 4) is 0 Å². The minimum Gasteiger partial charge on any atom is -0.394 e. The Morgan fingerprint density at radius 2 is 0.864 bits per heavy atom. The van der Waals surface area contributed by atoms with Gasteiger partial charge in [-0.25, -0.2) is 0 Å². The van der Waals surface area contributed by atoms with Gasteiger partial charge in [0.15, 0.2) is 6.29 Å². The average molecular weight is 932 g/mol. The van der Waals surface area contributed by atoms with E-state index in [9.17, 15) is 30.3 Å². The number of hydrogen-bond donors (Lipinski definition) is 6. The van der Waals surface area contributed by atoms with E-state index in [-0.39, 0.29) is 12.5 Å². The van der Waals surface area contributed by atoms with Gasteiger partial charge in [-0.3, -0.25) is 4.79 Å². The molecule has 7 unspecified atom stereocenters. The summed E-state index contributed by atoms with van der Waals surface area (Å²) in [6.07, 6.45) is 54.6. The van der Waals surface area contributed by atoms with Gasteiger partial charge in [-0.05, 0) is 70.6 Å². The molecule has 0 aromatic carbocycles. The van der Waals surface area contributed by atoms with Gasteiger partial charge in [-0.15, -0.1) is 0 Å². The lowest BCUT2D eigenvalue weighted by Gasteiger charge is -2.40. The summed E-state index contributed by atoms with van der Waals surface area (Å²) in [6.45, 7) is 3.77. The van der Waals surface area contributed by atoms with E-state index in [1.807, 2.05) is 6.08 Å². The molecule has 6 N–H and O–H groups in total. The largest absolute Gasteiger partial charge is 0.394 e. The van der Waals surface area contributed by atoms with Gasteiger partial charge in [0, 0.05) is 6.42 Å². The topological polar surface area (TPSA) is 149 Å². The highest BCUT2D eigenvalue weighted by molar-refractivity contribution is 5.76. The standard InChI is InChI=1S/C57H105NO8/c1-3-5-7-9-11-13-15-17-19-21-23-24-25-26-27-29-31-33-35-37-39-41-43-45-47-53(61)58-50(49-65-57-56(64)55(63)54(62)52(48-59)66-57)51(60)46-44-42-40-38-36-34-32-30-28-22-20-18-16-14-12-10-8-6-4-2/h26-28,30,36,38,44,46,50-52,54-57,59-60,62-64H,3-25,29,31-35,37,39-43,45,47-49H2,1-2H3,(H,58,61)/b27-26-,30-28+,38-36+,46-44+. The quantitative estimate of drug-likeness (QED) is 0.0261. The molecule has 0 bridgehead atoms. The van der Waals surface area contributed by atoms with Crippen LogP contribution in [0.1, 0.15) is 251 Å². The fourth-order valence-corrected chi connectivity index (χ4v) is 8.65. The number of hydrogen-bond acceptors (Lipinski definition) is 8. The zero-order valence-electron chi connectivity index (χ0n) is 42.7. The molecule has 0 spiro atoms. The van der Waals surface area contributed by atoms with Crippen LogP contribution in [0.25, 0.3) is 0 Å². The summed E-state index contributed by atoms with van der Waals surface area (Å²) >= 11 is 0. The molecule has 1 aliphatic rings. The van der Waals surface area contributed by atoms with Crippen molar-refractivity contribution in [2.75, 3.05) is 13.2 Å². The maximum atomic E-state index is 13.0. The molecule has 9 nitrogen and oxygen atoms in total. The Morgan fingerprint density at radius 3 is 1.27 bits per heavy atom. The highest BCUT2D eigenvalue weighted by Crippen LogP contribution is 2.23. The van der Waals surface area contributed by atoms with Gasteiger partial charge in [0.1, 0.15) is 24.4 Å². The highest BCUT2D eigenvalue weighted by atomic mass is 16.7. The Hall–Kier alpha value is -1.85. The van der Waals surface area contributed by atoms with Crippen LogP contribution in [0.3, 0.4) is 0 Å². The number of amides is 1. The molecule has 1 heterocycles. The number of nitrogens with one attached hydrogen (secondary N) is 1. The molecular formula is C57H105NO8. The molecule has 1 fully saturated rings. The fraction of sp³-hybridized carbons (Fsp3) is 0.842. The summed E-state index contributed by atoms with van der Waals surface area (Å²) in [6, 6.07) is -0.830. The zero-order chi connectivity index (χ0) is 48.0. The summed E-state index contributed by atoms with van der Waals surface area (Å²) in [5.74, 6) is -0.193. The molecule has 9 heteroatoms. The molecule has 7 atom stereocenters. The van der Waals surface area contributed by atoms with Crippen molar-refractivity contribution in [2.24, 2.45) is 0 Å². The van der Waals surface area contributed by atoms with E-state index in [1.54, 1.807) is 6.08 Å². The monoisotopic (exact) mass is 932 g/mol. The van der Waals surface area contributed by atoms with Gasteiger partial charge < -0.3 is 40.3 Å². The molecule has 0 radical (unpaired) electrons. The maximum absolute atomic E-state index is 13.0. The summed E-state index contributed by atoms with van der Waals surface area (Å²) in [5, 5.41) is 54.4. The zero-order valence-corrected chi connectivity index (χ0v) is 42.7. The van der Waals surface area contributed by atoms with Crippen LogP contribution in [0.2, 0.25) is 0 Å². The van der Waals surface area contributed by atoms with Gasteiger partial charge in [0.2, 0.25) is 5.91 Å². The Bertz CT molecular complexity index is 1170. The first-order chi connectivity index (χ1) is 32.3. The van der Waals surface area contributed by atoms with Crippen LogP contribution in [0.15, 0.2) is 48.6 Å². The van der Waals surface area contributed by atoms with Crippen molar-refractivity contribution in [1.29, 1.82) is 0 Å². The van der Waals surface area contributed by atoms with Crippen LogP contribution in [0.4, 0.5) is 0 Å². The maximum Gasteiger partial charge on any atom is 0.220 e. The predicted octanol–water partition coefficient (Wildman–Crippen LogP) is 13.3. The van der Waals surface area contributed by atoms with Crippen molar-refractivity contribution < 1.29 is 39.8 Å². The van der Waals surface area contributed by atoms with E-state index in [0.29, 0.717) is 6.42 Å². The molecule has 1 rings (SSSR count). The number of allylic oxidation sites excluding steroid dienone is 7. The van der Waals surface area contributed by atoms with Crippen LogP contribution in [0.5, 0.6) is 0 Å². The lowest BCUT2D eigenvalue weighted by molar-refractivity contribution is -0.302. The van der Waals surface area contributed by atoms with Crippen molar-refractivity contribution in [2.45, 2.75) is 294 Å². The van der Waals surface area contributed by atoms with Crippen LogP contribution < -0.4 is 5.32 Å². The molecule has 1 aliphatic heterocycles. The third-order valence-corrected chi connectivity index (χ3v) is 13.1. The van der Waals surface area contributed by atoms with Crippen molar-refractivity contribution >= 4 is 5.91 Å². The third-order valence-electron chi connectivity index (χ3n) is 13.1. The van der Waals surface area contributed by atoms with E-state index in [1.165, 1.54) is 186 Å². The smallest absolute Gasteiger partial charge is 0.220 e.